The van der Waals surface area contributed by atoms with Gasteiger partial charge in [0.2, 0.25) is 5.88 Å². The van der Waals surface area contributed by atoms with Crippen molar-refractivity contribution in [1.29, 1.82) is 5.26 Å². The molecule has 0 radical (unpaired) electrons. The number of hydrogen-bond donors (Lipinski definition) is 0. The summed E-state index contributed by atoms with van der Waals surface area (Å²) in [6.07, 6.45) is 3.52. The summed E-state index contributed by atoms with van der Waals surface area (Å²) in [5.74, 6) is 0.633. The van der Waals surface area contributed by atoms with Gasteiger partial charge < -0.3 is 4.74 Å². The lowest BCUT2D eigenvalue weighted by molar-refractivity contribution is 0.286. The van der Waals surface area contributed by atoms with E-state index in [2.05, 4.69) is 50.0 Å². The van der Waals surface area contributed by atoms with Crippen LogP contribution in [0.5, 0.6) is 5.88 Å². The van der Waals surface area contributed by atoms with E-state index in [0.717, 1.165) is 29.7 Å². The van der Waals surface area contributed by atoms with Gasteiger partial charge in [-0.25, -0.2) is 4.98 Å². The fraction of sp³-hybridized carbons (Fsp3) is 0.292. The average Bonchev–Trinajstić information content (AvgIpc) is 2.71. The first-order valence-corrected chi connectivity index (χ1v) is 10.9. The van der Waals surface area contributed by atoms with Crippen LogP contribution in [-0.4, -0.2) is 16.2 Å². The number of benzene rings is 2. The molecule has 0 N–H and O–H groups in total. The molecule has 29 heavy (non-hydrogen) atoms. The van der Waals surface area contributed by atoms with Gasteiger partial charge in [0.1, 0.15) is 6.61 Å². The maximum absolute atomic E-state index is 9.10. The second-order valence-corrected chi connectivity index (χ2v) is 7.84. The van der Waals surface area contributed by atoms with Gasteiger partial charge in [0, 0.05) is 12.0 Å². The van der Waals surface area contributed by atoms with E-state index in [1.165, 1.54) is 28.5 Å². The van der Waals surface area contributed by atoms with Gasteiger partial charge in [0.05, 0.1) is 17.3 Å². The van der Waals surface area contributed by atoms with Crippen molar-refractivity contribution < 1.29 is 4.74 Å². The van der Waals surface area contributed by atoms with E-state index in [-0.39, 0.29) is 0 Å². The van der Waals surface area contributed by atoms with Crippen LogP contribution in [0.4, 0.5) is 0 Å². The highest BCUT2D eigenvalue weighted by molar-refractivity contribution is 7.98. The van der Waals surface area contributed by atoms with Crippen LogP contribution in [-0.2, 0) is 19.4 Å². The summed E-state index contributed by atoms with van der Waals surface area (Å²) in [4.78, 5) is 9.41. The number of ether oxygens (including phenoxy) is 1. The van der Waals surface area contributed by atoms with Crippen LogP contribution in [0.3, 0.4) is 0 Å². The molecule has 0 amide bonds. The zero-order valence-electron chi connectivity index (χ0n) is 17.3. The van der Waals surface area contributed by atoms with Gasteiger partial charge >= 0.3 is 0 Å². The van der Waals surface area contributed by atoms with Crippen molar-refractivity contribution in [2.24, 2.45) is 0 Å². The topological polar surface area (TPSA) is 58.8 Å². The Morgan fingerprint density at radius 2 is 1.79 bits per heavy atom. The molecular weight excluding hydrogens is 378 g/mol. The number of nitrogens with zero attached hydrogens (tertiary/aromatic N) is 3. The third-order valence-electron chi connectivity index (χ3n) is 4.66. The number of nitriles is 1. The molecule has 0 atom stereocenters. The van der Waals surface area contributed by atoms with Crippen molar-refractivity contribution in [2.75, 3.05) is 6.26 Å². The number of hydrogen-bond acceptors (Lipinski definition) is 5. The molecule has 0 unspecified atom stereocenters. The van der Waals surface area contributed by atoms with Gasteiger partial charge in [-0.2, -0.15) is 10.2 Å². The first-order valence-electron chi connectivity index (χ1n) is 9.65. The van der Waals surface area contributed by atoms with Crippen molar-refractivity contribution in [1.82, 2.24) is 9.97 Å². The minimum absolute atomic E-state index is 0.371. The maximum Gasteiger partial charge on any atom is 0.221 e. The van der Waals surface area contributed by atoms with E-state index in [4.69, 9.17) is 15.0 Å². The predicted octanol–water partition coefficient (Wildman–Crippen LogP) is 5.42. The summed E-state index contributed by atoms with van der Waals surface area (Å²) in [7, 11) is 0. The first-order chi connectivity index (χ1) is 14.0. The van der Waals surface area contributed by atoms with Gasteiger partial charge in [-0.1, -0.05) is 60.1 Å². The lowest BCUT2D eigenvalue weighted by Gasteiger charge is -2.15. The molecule has 0 saturated carbocycles. The van der Waals surface area contributed by atoms with Gasteiger partial charge in [-0.3, -0.25) is 0 Å². The summed E-state index contributed by atoms with van der Waals surface area (Å²) in [5.41, 5.74) is 7.39. The number of aromatic nitrogens is 2. The molecular formula is C24H25N3OS. The van der Waals surface area contributed by atoms with E-state index in [1.54, 1.807) is 6.07 Å². The summed E-state index contributed by atoms with van der Waals surface area (Å²) >= 11 is 1.52. The van der Waals surface area contributed by atoms with Gasteiger partial charge in [-0.05, 0) is 49.8 Å². The molecule has 0 aliphatic heterocycles. The van der Waals surface area contributed by atoms with Crippen LogP contribution < -0.4 is 4.74 Å². The Labute approximate surface area is 177 Å². The summed E-state index contributed by atoms with van der Waals surface area (Å²) in [6, 6.07) is 16.2. The molecule has 0 saturated heterocycles. The highest BCUT2D eigenvalue weighted by Gasteiger charge is 2.15. The second-order valence-electron chi connectivity index (χ2n) is 7.07. The molecule has 1 heterocycles. The Morgan fingerprint density at radius 1 is 1.03 bits per heavy atom. The summed E-state index contributed by atoms with van der Waals surface area (Å²) in [5, 5.41) is 9.81. The highest BCUT2D eigenvalue weighted by Crippen LogP contribution is 2.26. The third kappa shape index (κ3) is 5.36. The van der Waals surface area contributed by atoms with Crippen molar-refractivity contribution in [3.05, 3.63) is 81.5 Å². The van der Waals surface area contributed by atoms with Gasteiger partial charge in [0.25, 0.3) is 0 Å². The molecule has 0 bridgehead atoms. The van der Waals surface area contributed by atoms with Crippen molar-refractivity contribution >= 4 is 11.8 Å². The fourth-order valence-corrected chi connectivity index (χ4v) is 3.82. The summed E-state index contributed by atoms with van der Waals surface area (Å²) in [6.45, 7) is 6.71. The van der Waals surface area contributed by atoms with Crippen LogP contribution in [0.25, 0.3) is 0 Å². The standard InChI is InChI=1S/C24H25N3OS/c1-5-21-22(13-20-10-16(2)9-17(3)11-20)26-24(29-4)27-23(21)28-15-19-8-6-7-18(12-19)14-25/h6-12H,5,13,15H2,1-4H3. The largest absolute Gasteiger partial charge is 0.472 e. The lowest BCUT2D eigenvalue weighted by Crippen LogP contribution is -2.08. The van der Waals surface area contributed by atoms with Crippen molar-refractivity contribution in [3.8, 4) is 11.9 Å². The second kappa shape index (κ2) is 9.58. The van der Waals surface area contributed by atoms with E-state index in [1.807, 2.05) is 24.5 Å². The Bertz CT molecular complexity index is 1040. The molecule has 5 heteroatoms. The van der Waals surface area contributed by atoms with Crippen molar-refractivity contribution in [3.63, 3.8) is 0 Å². The number of thioether (sulfide) groups is 1. The first kappa shape index (κ1) is 20.9. The minimum Gasteiger partial charge on any atom is -0.472 e. The van der Waals surface area contributed by atoms with E-state index < -0.39 is 0 Å². The van der Waals surface area contributed by atoms with E-state index >= 15 is 0 Å². The van der Waals surface area contributed by atoms with E-state index in [9.17, 15) is 0 Å². The minimum atomic E-state index is 0.371. The molecule has 4 nitrogen and oxygen atoms in total. The van der Waals surface area contributed by atoms with Crippen molar-refractivity contribution in [2.45, 2.75) is 45.4 Å². The fourth-order valence-electron chi connectivity index (χ4n) is 3.44. The normalized spacial score (nSPS) is 10.6. The quantitative estimate of drug-likeness (QED) is 0.389. The van der Waals surface area contributed by atoms with Crippen LogP contribution in [0, 0.1) is 25.2 Å². The van der Waals surface area contributed by atoms with Crippen LogP contribution in [0.1, 0.15) is 46.0 Å². The molecule has 0 aliphatic rings. The van der Waals surface area contributed by atoms with Gasteiger partial charge in [0.15, 0.2) is 5.16 Å². The monoisotopic (exact) mass is 403 g/mol. The Balaban J connectivity index is 1.92. The number of rotatable bonds is 7. The Kier molecular flexibility index (Phi) is 6.90. The highest BCUT2D eigenvalue weighted by atomic mass is 32.2. The van der Waals surface area contributed by atoms with Crippen LogP contribution in [0.15, 0.2) is 47.6 Å². The summed E-state index contributed by atoms with van der Waals surface area (Å²) < 4.78 is 6.11. The molecule has 0 fully saturated rings. The van der Waals surface area contributed by atoms with Crippen LogP contribution in [0.2, 0.25) is 0 Å². The molecule has 1 aromatic heterocycles. The molecule has 3 aromatic rings. The van der Waals surface area contributed by atoms with Crippen LogP contribution >= 0.6 is 11.8 Å². The Hall–Kier alpha value is -2.84. The van der Waals surface area contributed by atoms with Gasteiger partial charge in [-0.15, -0.1) is 0 Å². The third-order valence-corrected chi connectivity index (χ3v) is 5.20. The SMILES string of the molecule is CCc1c(Cc2cc(C)cc(C)c2)nc(SC)nc1OCc1cccc(C#N)c1. The average molecular weight is 404 g/mol. The molecule has 148 valence electrons. The smallest absolute Gasteiger partial charge is 0.221 e. The Morgan fingerprint density at radius 3 is 2.45 bits per heavy atom. The molecule has 2 aromatic carbocycles. The van der Waals surface area contributed by atoms with E-state index in [0.29, 0.717) is 23.2 Å². The zero-order valence-corrected chi connectivity index (χ0v) is 18.1. The molecule has 0 aliphatic carbocycles. The molecule has 0 spiro atoms. The maximum atomic E-state index is 9.10. The molecule has 3 rings (SSSR count). The lowest BCUT2D eigenvalue weighted by atomic mass is 10.0. The number of aryl methyl sites for hydroxylation is 2. The zero-order chi connectivity index (χ0) is 20.8. The predicted molar refractivity (Wildman–Crippen MR) is 117 cm³/mol.